The molecular weight excluding hydrogens is 395 g/mol. The molecule has 29 heavy (non-hydrogen) atoms. The average Bonchev–Trinajstić information content (AvgIpc) is 3.13. The lowest BCUT2D eigenvalue weighted by atomic mass is 10.2. The molecule has 1 aliphatic heterocycles. The molecule has 154 valence electrons. The lowest BCUT2D eigenvalue weighted by molar-refractivity contribution is -0.116. The van der Waals surface area contributed by atoms with E-state index in [2.05, 4.69) is 20.5 Å². The Kier molecular flexibility index (Phi) is 7.45. The maximum atomic E-state index is 14.1. The summed E-state index contributed by atoms with van der Waals surface area (Å²) in [6.45, 7) is 5.38. The summed E-state index contributed by atoms with van der Waals surface area (Å²) in [6, 6.07) is 4.05. The molecule has 1 aromatic carbocycles. The molecule has 0 saturated carbocycles. The van der Waals surface area contributed by atoms with Crippen LogP contribution in [-0.4, -0.2) is 54.5 Å². The van der Waals surface area contributed by atoms with Crippen LogP contribution in [0.3, 0.4) is 0 Å². The highest BCUT2D eigenvalue weighted by Gasteiger charge is 2.13. The van der Waals surface area contributed by atoms with Crippen LogP contribution in [0.25, 0.3) is 6.08 Å². The summed E-state index contributed by atoms with van der Waals surface area (Å²) in [5, 5.41) is 7.99. The second kappa shape index (κ2) is 10.2. The average molecular weight is 418 g/mol. The quantitative estimate of drug-likeness (QED) is 0.676. The van der Waals surface area contributed by atoms with E-state index in [0.29, 0.717) is 31.1 Å². The summed E-state index contributed by atoms with van der Waals surface area (Å²) in [5.74, 6) is -1.21. The number of ether oxygens (including phenoxy) is 1. The van der Waals surface area contributed by atoms with E-state index in [9.17, 15) is 14.0 Å². The number of carbonyl (C=O) groups is 2. The monoisotopic (exact) mass is 418 g/mol. The van der Waals surface area contributed by atoms with E-state index >= 15 is 0 Å². The second-order valence-electron chi connectivity index (χ2n) is 6.56. The van der Waals surface area contributed by atoms with E-state index in [4.69, 9.17) is 4.74 Å². The van der Waals surface area contributed by atoms with Gasteiger partial charge in [-0.1, -0.05) is 0 Å². The maximum Gasteiger partial charge on any atom is 0.248 e. The van der Waals surface area contributed by atoms with Crippen LogP contribution < -0.4 is 10.6 Å². The van der Waals surface area contributed by atoms with Gasteiger partial charge in [-0.2, -0.15) is 0 Å². The Hall–Kier alpha value is -2.62. The molecule has 0 aliphatic carbocycles. The van der Waals surface area contributed by atoms with Gasteiger partial charge in [0.1, 0.15) is 5.82 Å². The minimum atomic E-state index is -0.559. The molecule has 1 fully saturated rings. The van der Waals surface area contributed by atoms with E-state index in [-0.39, 0.29) is 23.9 Å². The van der Waals surface area contributed by atoms with Crippen molar-refractivity contribution in [1.82, 2.24) is 9.88 Å². The first kappa shape index (κ1) is 21.1. The zero-order valence-corrected chi connectivity index (χ0v) is 16.9. The molecule has 1 saturated heterocycles. The summed E-state index contributed by atoms with van der Waals surface area (Å²) >= 11 is 1.50. The van der Waals surface area contributed by atoms with Crippen LogP contribution in [0.15, 0.2) is 29.7 Å². The van der Waals surface area contributed by atoms with Crippen molar-refractivity contribution in [3.8, 4) is 0 Å². The van der Waals surface area contributed by atoms with Gasteiger partial charge in [-0.25, -0.2) is 9.37 Å². The minimum absolute atomic E-state index is 0.0360. The minimum Gasteiger partial charge on any atom is -0.379 e. The van der Waals surface area contributed by atoms with Gasteiger partial charge in [0.05, 0.1) is 29.6 Å². The molecule has 9 heteroatoms. The Morgan fingerprint density at radius 1 is 1.31 bits per heavy atom. The summed E-state index contributed by atoms with van der Waals surface area (Å²) in [6.07, 6.45) is 3.22. The molecule has 0 radical (unpaired) electrons. The molecule has 2 aromatic rings. The van der Waals surface area contributed by atoms with Gasteiger partial charge in [-0.3, -0.25) is 14.5 Å². The third-order valence-corrected chi connectivity index (χ3v) is 5.10. The Morgan fingerprint density at radius 2 is 2.10 bits per heavy atom. The number of anilines is 2. The van der Waals surface area contributed by atoms with Crippen molar-refractivity contribution < 1.29 is 18.7 Å². The fourth-order valence-electron chi connectivity index (χ4n) is 2.80. The second-order valence-corrected chi connectivity index (χ2v) is 7.62. The lowest BCUT2D eigenvalue weighted by Gasteiger charge is -2.26. The number of aromatic nitrogens is 1. The van der Waals surface area contributed by atoms with Crippen LogP contribution in [0.1, 0.15) is 17.1 Å². The van der Waals surface area contributed by atoms with Gasteiger partial charge in [0.2, 0.25) is 11.8 Å². The normalized spacial score (nSPS) is 14.8. The highest BCUT2D eigenvalue weighted by molar-refractivity contribution is 7.09. The number of morpholine rings is 1. The number of aryl methyl sites for hydroxylation is 1. The van der Waals surface area contributed by atoms with Gasteiger partial charge < -0.3 is 15.4 Å². The predicted molar refractivity (Wildman–Crippen MR) is 111 cm³/mol. The summed E-state index contributed by atoms with van der Waals surface area (Å²) in [4.78, 5) is 30.6. The molecule has 3 rings (SSSR count). The summed E-state index contributed by atoms with van der Waals surface area (Å²) < 4.78 is 19.3. The fraction of sp³-hybridized carbons (Fsp3) is 0.350. The Balaban J connectivity index is 1.53. The number of rotatable bonds is 7. The van der Waals surface area contributed by atoms with Crippen molar-refractivity contribution in [2.75, 3.05) is 43.5 Å². The van der Waals surface area contributed by atoms with Gasteiger partial charge >= 0.3 is 0 Å². The molecule has 1 aromatic heterocycles. The van der Waals surface area contributed by atoms with Crippen molar-refractivity contribution in [2.24, 2.45) is 0 Å². The highest BCUT2D eigenvalue weighted by Crippen LogP contribution is 2.20. The predicted octanol–water partition coefficient (Wildman–Crippen LogP) is 2.90. The Labute approximate surface area is 172 Å². The van der Waals surface area contributed by atoms with E-state index in [1.807, 2.05) is 12.3 Å². The van der Waals surface area contributed by atoms with Crippen LogP contribution >= 0.6 is 11.3 Å². The zero-order chi connectivity index (χ0) is 20.6. The van der Waals surface area contributed by atoms with Crippen molar-refractivity contribution in [3.63, 3.8) is 0 Å². The number of nitrogens with one attached hydrogen (secondary N) is 2. The third-order valence-electron chi connectivity index (χ3n) is 4.31. The number of amides is 2. The van der Waals surface area contributed by atoms with Gasteiger partial charge in [0.25, 0.3) is 0 Å². The first-order chi connectivity index (χ1) is 14.0. The van der Waals surface area contributed by atoms with E-state index in [1.54, 1.807) is 6.08 Å². The topological polar surface area (TPSA) is 83.6 Å². The standard InChI is InChI=1S/C20H23FN4O3S/c1-14-22-16(13-29-14)3-5-19(26)23-15-2-4-17(21)18(12-15)24-20(27)6-7-25-8-10-28-11-9-25/h2-5,12-13H,6-11H2,1H3,(H,23,26)(H,24,27)/b5-3+. The van der Waals surface area contributed by atoms with Crippen molar-refractivity contribution in [3.05, 3.63) is 46.2 Å². The van der Waals surface area contributed by atoms with E-state index < -0.39 is 5.82 Å². The maximum absolute atomic E-state index is 14.1. The number of carbonyl (C=O) groups excluding carboxylic acids is 2. The lowest BCUT2D eigenvalue weighted by Crippen LogP contribution is -2.38. The zero-order valence-electron chi connectivity index (χ0n) is 16.1. The summed E-state index contributed by atoms with van der Waals surface area (Å²) in [5.41, 5.74) is 1.13. The molecule has 2 amide bonds. The fourth-order valence-corrected chi connectivity index (χ4v) is 3.38. The van der Waals surface area contributed by atoms with Crippen molar-refractivity contribution in [2.45, 2.75) is 13.3 Å². The van der Waals surface area contributed by atoms with Gasteiger partial charge in [0.15, 0.2) is 0 Å². The first-order valence-electron chi connectivity index (χ1n) is 9.30. The SMILES string of the molecule is Cc1nc(/C=C/C(=O)Nc2ccc(F)c(NC(=O)CCN3CCOCC3)c2)cs1. The van der Waals surface area contributed by atoms with Crippen LogP contribution in [-0.2, 0) is 14.3 Å². The molecule has 2 N–H and O–H groups in total. The molecule has 0 bridgehead atoms. The largest absolute Gasteiger partial charge is 0.379 e. The third kappa shape index (κ3) is 6.74. The highest BCUT2D eigenvalue weighted by atomic mass is 32.1. The van der Waals surface area contributed by atoms with Crippen LogP contribution in [0.4, 0.5) is 15.8 Å². The van der Waals surface area contributed by atoms with Crippen LogP contribution in [0, 0.1) is 12.7 Å². The molecule has 7 nitrogen and oxygen atoms in total. The molecule has 0 atom stereocenters. The van der Waals surface area contributed by atoms with Crippen molar-refractivity contribution in [1.29, 1.82) is 0 Å². The molecule has 0 spiro atoms. The van der Waals surface area contributed by atoms with Gasteiger partial charge in [-0.15, -0.1) is 11.3 Å². The van der Waals surface area contributed by atoms with Crippen molar-refractivity contribution >= 4 is 40.6 Å². The number of nitrogens with zero attached hydrogens (tertiary/aromatic N) is 2. The first-order valence-corrected chi connectivity index (χ1v) is 10.2. The molecular formula is C20H23FN4O3S. The van der Waals surface area contributed by atoms with Crippen LogP contribution in [0.2, 0.25) is 0 Å². The molecule has 2 heterocycles. The Bertz CT molecular complexity index is 894. The Morgan fingerprint density at radius 3 is 2.83 bits per heavy atom. The van der Waals surface area contributed by atoms with Gasteiger partial charge in [0, 0.05) is 43.2 Å². The number of thiazole rings is 1. The molecule has 0 unspecified atom stereocenters. The van der Waals surface area contributed by atoms with E-state index in [0.717, 1.165) is 18.1 Å². The number of benzene rings is 1. The number of hydrogen-bond acceptors (Lipinski definition) is 6. The number of hydrogen-bond donors (Lipinski definition) is 2. The van der Waals surface area contributed by atoms with Gasteiger partial charge in [-0.05, 0) is 31.2 Å². The van der Waals surface area contributed by atoms with Crippen LogP contribution in [0.5, 0.6) is 0 Å². The smallest absolute Gasteiger partial charge is 0.248 e. The van der Waals surface area contributed by atoms with E-state index in [1.165, 1.54) is 35.6 Å². The summed E-state index contributed by atoms with van der Waals surface area (Å²) in [7, 11) is 0. The number of halogens is 1. The molecule has 1 aliphatic rings.